The molecule has 0 saturated heterocycles. The minimum absolute atomic E-state index is 0.207. The molecule has 1 unspecified atom stereocenters. The molecule has 0 fully saturated rings. The maximum absolute atomic E-state index is 14.0. The number of rotatable bonds is 5. The van der Waals surface area contributed by atoms with Crippen molar-refractivity contribution in [3.63, 3.8) is 0 Å². The van der Waals surface area contributed by atoms with Gasteiger partial charge in [0.15, 0.2) is 0 Å². The lowest BCUT2D eigenvalue weighted by Gasteiger charge is -2.31. The van der Waals surface area contributed by atoms with Gasteiger partial charge < -0.3 is 9.84 Å². The van der Waals surface area contributed by atoms with Gasteiger partial charge in [-0.1, -0.05) is 22.0 Å². The standard InChI is InChI=1S/C23H17BrF4N2O2/c1-14-10-19(7-8-20(14)24)32-13-22(31,23(26,27)28)16-2-9-21-15(11-16)12-29-30(21)18-5-3-17(25)4-6-18/h2-12,31H,13H2,1H3. The van der Waals surface area contributed by atoms with E-state index in [4.69, 9.17) is 4.74 Å². The predicted octanol–water partition coefficient (Wildman–Crippen LogP) is 6.06. The number of nitrogens with zero attached hydrogens (tertiary/aromatic N) is 2. The molecule has 4 nitrogen and oxygen atoms in total. The first-order valence-electron chi connectivity index (χ1n) is 9.51. The van der Waals surface area contributed by atoms with Crippen molar-refractivity contribution in [1.29, 1.82) is 0 Å². The van der Waals surface area contributed by atoms with Gasteiger partial charge in [-0.15, -0.1) is 0 Å². The number of aliphatic hydroxyl groups is 1. The molecule has 0 aliphatic heterocycles. The zero-order chi connectivity index (χ0) is 23.1. The summed E-state index contributed by atoms with van der Waals surface area (Å²) in [6.07, 6.45) is -3.60. The third-order valence-electron chi connectivity index (χ3n) is 5.16. The molecule has 4 aromatic rings. The van der Waals surface area contributed by atoms with Gasteiger partial charge in [0.05, 0.1) is 17.4 Å². The van der Waals surface area contributed by atoms with Crippen molar-refractivity contribution < 1.29 is 27.4 Å². The summed E-state index contributed by atoms with van der Waals surface area (Å²) in [5.41, 5.74) is -1.76. The Bertz CT molecular complexity index is 1270. The van der Waals surface area contributed by atoms with E-state index in [9.17, 15) is 22.7 Å². The Hall–Kier alpha value is -2.91. The van der Waals surface area contributed by atoms with Crippen LogP contribution in [0, 0.1) is 12.7 Å². The van der Waals surface area contributed by atoms with Crippen LogP contribution in [0.5, 0.6) is 5.75 Å². The monoisotopic (exact) mass is 508 g/mol. The molecule has 0 saturated carbocycles. The molecule has 9 heteroatoms. The number of aryl methyl sites for hydroxylation is 1. The summed E-state index contributed by atoms with van der Waals surface area (Å²) in [5.74, 6) is -0.206. The summed E-state index contributed by atoms with van der Waals surface area (Å²) >= 11 is 3.32. The molecule has 3 aromatic carbocycles. The van der Waals surface area contributed by atoms with Gasteiger partial charge in [-0.3, -0.25) is 0 Å². The van der Waals surface area contributed by atoms with E-state index in [2.05, 4.69) is 21.0 Å². The Balaban J connectivity index is 1.69. The third-order valence-corrected chi connectivity index (χ3v) is 6.05. The minimum atomic E-state index is -4.99. The van der Waals surface area contributed by atoms with Gasteiger partial charge in [-0.25, -0.2) is 9.07 Å². The molecule has 1 aromatic heterocycles. The fourth-order valence-corrected chi connectivity index (χ4v) is 3.55. The first-order chi connectivity index (χ1) is 15.1. The molecule has 0 aliphatic rings. The average molecular weight is 509 g/mol. The number of alkyl halides is 3. The molecule has 166 valence electrons. The summed E-state index contributed by atoms with van der Waals surface area (Å²) in [7, 11) is 0. The molecule has 0 spiro atoms. The zero-order valence-electron chi connectivity index (χ0n) is 16.7. The molecular formula is C23H17BrF4N2O2. The van der Waals surface area contributed by atoms with Gasteiger partial charge in [0, 0.05) is 9.86 Å². The predicted molar refractivity (Wildman–Crippen MR) is 115 cm³/mol. The van der Waals surface area contributed by atoms with Crippen LogP contribution in [0.25, 0.3) is 16.6 Å². The molecular weight excluding hydrogens is 492 g/mol. The van der Waals surface area contributed by atoms with E-state index in [0.29, 0.717) is 16.6 Å². The van der Waals surface area contributed by atoms with Crippen LogP contribution >= 0.6 is 15.9 Å². The van der Waals surface area contributed by atoms with Crippen LogP contribution in [0.3, 0.4) is 0 Å². The van der Waals surface area contributed by atoms with Gasteiger partial charge in [-0.05, 0) is 72.6 Å². The van der Waals surface area contributed by atoms with Crippen LogP contribution in [0.1, 0.15) is 11.1 Å². The Labute approximate surface area is 189 Å². The normalized spacial score (nSPS) is 13.8. The van der Waals surface area contributed by atoms with Gasteiger partial charge in [-0.2, -0.15) is 18.3 Å². The zero-order valence-corrected chi connectivity index (χ0v) is 18.3. The van der Waals surface area contributed by atoms with E-state index in [1.807, 2.05) is 0 Å². The second-order valence-corrected chi connectivity index (χ2v) is 8.22. The van der Waals surface area contributed by atoms with Crippen LogP contribution in [0.15, 0.2) is 71.3 Å². The molecule has 1 heterocycles. The van der Waals surface area contributed by atoms with Gasteiger partial charge in [0.1, 0.15) is 18.2 Å². The molecule has 1 atom stereocenters. The van der Waals surface area contributed by atoms with Crippen molar-refractivity contribution in [3.8, 4) is 11.4 Å². The quantitative estimate of drug-likeness (QED) is 0.333. The van der Waals surface area contributed by atoms with Crippen molar-refractivity contribution >= 4 is 26.8 Å². The number of benzene rings is 3. The highest BCUT2D eigenvalue weighted by Gasteiger charge is 2.56. The Kier molecular flexibility index (Phi) is 5.72. The molecule has 32 heavy (non-hydrogen) atoms. The second-order valence-electron chi connectivity index (χ2n) is 7.36. The number of hydrogen-bond donors (Lipinski definition) is 1. The van der Waals surface area contributed by atoms with Gasteiger partial charge in [0.2, 0.25) is 5.60 Å². The SMILES string of the molecule is Cc1cc(OCC(O)(c2ccc3c(cnn3-c3ccc(F)cc3)c2)C(F)(F)F)ccc1Br. The van der Waals surface area contributed by atoms with Crippen molar-refractivity contribution in [2.24, 2.45) is 0 Å². The maximum atomic E-state index is 14.0. The Morgan fingerprint density at radius 2 is 1.75 bits per heavy atom. The minimum Gasteiger partial charge on any atom is -0.490 e. The van der Waals surface area contributed by atoms with E-state index < -0.39 is 24.2 Å². The van der Waals surface area contributed by atoms with Crippen LogP contribution in [-0.2, 0) is 5.60 Å². The third kappa shape index (κ3) is 4.10. The smallest absolute Gasteiger partial charge is 0.424 e. The molecule has 0 radical (unpaired) electrons. The number of aromatic nitrogens is 2. The fraction of sp³-hybridized carbons (Fsp3) is 0.174. The van der Waals surface area contributed by atoms with Crippen LogP contribution in [-0.4, -0.2) is 27.7 Å². The summed E-state index contributed by atoms with van der Waals surface area (Å²) in [5, 5.41) is 15.3. The molecule has 4 rings (SSSR count). The van der Waals surface area contributed by atoms with E-state index in [-0.39, 0.29) is 11.3 Å². The summed E-state index contributed by atoms with van der Waals surface area (Å²) < 4.78 is 62.7. The van der Waals surface area contributed by atoms with Gasteiger partial charge in [0.25, 0.3) is 0 Å². The molecule has 0 amide bonds. The Morgan fingerprint density at radius 1 is 1.03 bits per heavy atom. The number of hydrogen-bond acceptors (Lipinski definition) is 3. The summed E-state index contributed by atoms with van der Waals surface area (Å²) in [6.45, 7) is 0.759. The van der Waals surface area contributed by atoms with E-state index in [0.717, 1.165) is 10.0 Å². The topological polar surface area (TPSA) is 47.3 Å². The van der Waals surface area contributed by atoms with E-state index in [1.165, 1.54) is 59.4 Å². The molecule has 1 N–H and O–H groups in total. The van der Waals surface area contributed by atoms with Crippen molar-refractivity contribution in [2.75, 3.05) is 6.61 Å². The first-order valence-corrected chi connectivity index (χ1v) is 10.3. The van der Waals surface area contributed by atoms with Crippen molar-refractivity contribution in [2.45, 2.75) is 18.7 Å². The highest BCUT2D eigenvalue weighted by Crippen LogP contribution is 2.40. The largest absolute Gasteiger partial charge is 0.490 e. The lowest BCUT2D eigenvalue weighted by atomic mass is 9.93. The van der Waals surface area contributed by atoms with Crippen molar-refractivity contribution in [1.82, 2.24) is 9.78 Å². The highest BCUT2D eigenvalue weighted by molar-refractivity contribution is 9.10. The summed E-state index contributed by atoms with van der Waals surface area (Å²) in [6, 6.07) is 14.2. The lowest BCUT2D eigenvalue weighted by molar-refractivity contribution is -0.275. The number of ether oxygens (including phenoxy) is 1. The highest BCUT2D eigenvalue weighted by atomic mass is 79.9. The number of fused-ring (bicyclic) bond motifs is 1. The lowest BCUT2D eigenvalue weighted by Crippen LogP contribution is -2.47. The Morgan fingerprint density at radius 3 is 2.41 bits per heavy atom. The first kappa shape index (κ1) is 22.3. The van der Waals surface area contributed by atoms with E-state index in [1.54, 1.807) is 19.1 Å². The molecule has 0 aliphatic carbocycles. The van der Waals surface area contributed by atoms with E-state index >= 15 is 0 Å². The number of halogens is 5. The maximum Gasteiger partial charge on any atom is 0.424 e. The van der Waals surface area contributed by atoms with Crippen LogP contribution in [0.2, 0.25) is 0 Å². The van der Waals surface area contributed by atoms with Gasteiger partial charge >= 0.3 is 6.18 Å². The molecule has 0 bridgehead atoms. The second kappa shape index (κ2) is 8.22. The fourth-order valence-electron chi connectivity index (χ4n) is 3.30. The van der Waals surface area contributed by atoms with Crippen LogP contribution < -0.4 is 4.74 Å². The van der Waals surface area contributed by atoms with Crippen LogP contribution in [0.4, 0.5) is 17.6 Å². The average Bonchev–Trinajstić information content (AvgIpc) is 3.17. The summed E-state index contributed by atoms with van der Waals surface area (Å²) in [4.78, 5) is 0. The van der Waals surface area contributed by atoms with Crippen molar-refractivity contribution in [3.05, 3.63) is 88.3 Å².